The molecule has 0 aromatic heterocycles. The molecule has 0 saturated carbocycles. The number of hydrogen-bond acceptors (Lipinski definition) is 3. The SMILES string of the molecule is O=C(O)[C@H]1[C@H](C(=O)NCCC2=CCCCC2)[C@H]2CC[C@H]1O2. The Bertz CT molecular complexity index is 459. The third-order valence-electron chi connectivity index (χ3n) is 4.99. The van der Waals surface area contributed by atoms with Crippen molar-refractivity contribution in [1.29, 1.82) is 0 Å². The van der Waals surface area contributed by atoms with E-state index in [0.717, 1.165) is 32.1 Å². The van der Waals surface area contributed by atoms with Gasteiger partial charge < -0.3 is 15.2 Å². The normalized spacial score (nSPS) is 34.6. The molecule has 3 rings (SSSR count). The first-order valence-corrected chi connectivity index (χ1v) is 8.00. The van der Waals surface area contributed by atoms with Crippen LogP contribution in [0.25, 0.3) is 0 Å². The Labute approximate surface area is 124 Å². The quantitative estimate of drug-likeness (QED) is 0.759. The molecule has 0 unspecified atom stereocenters. The van der Waals surface area contributed by atoms with Crippen LogP contribution in [0.3, 0.4) is 0 Å². The maximum atomic E-state index is 12.3. The summed E-state index contributed by atoms with van der Waals surface area (Å²) in [5.41, 5.74) is 1.42. The topological polar surface area (TPSA) is 75.6 Å². The number of amides is 1. The number of fused-ring (bicyclic) bond motifs is 2. The molecule has 0 aromatic carbocycles. The van der Waals surface area contributed by atoms with E-state index >= 15 is 0 Å². The predicted molar refractivity (Wildman–Crippen MR) is 76.7 cm³/mol. The van der Waals surface area contributed by atoms with Crippen LogP contribution >= 0.6 is 0 Å². The van der Waals surface area contributed by atoms with Gasteiger partial charge in [0.15, 0.2) is 0 Å². The number of carboxylic acids is 1. The fraction of sp³-hybridized carbons (Fsp3) is 0.750. The number of carbonyl (C=O) groups is 2. The Morgan fingerprint density at radius 1 is 1.24 bits per heavy atom. The first kappa shape index (κ1) is 14.6. The monoisotopic (exact) mass is 293 g/mol. The lowest BCUT2D eigenvalue weighted by atomic mass is 9.78. The third kappa shape index (κ3) is 2.98. The molecule has 5 heteroatoms. The van der Waals surface area contributed by atoms with E-state index < -0.39 is 17.8 Å². The maximum absolute atomic E-state index is 12.3. The summed E-state index contributed by atoms with van der Waals surface area (Å²) in [6.07, 6.45) is 9.02. The van der Waals surface area contributed by atoms with Crippen molar-refractivity contribution < 1.29 is 19.4 Å². The largest absolute Gasteiger partial charge is 0.481 e. The number of carbonyl (C=O) groups excluding carboxylic acids is 1. The van der Waals surface area contributed by atoms with Crippen molar-refractivity contribution in [1.82, 2.24) is 5.32 Å². The van der Waals surface area contributed by atoms with Gasteiger partial charge in [0.05, 0.1) is 24.0 Å². The molecule has 2 heterocycles. The minimum absolute atomic E-state index is 0.147. The van der Waals surface area contributed by atoms with Crippen LogP contribution in [0.15, 0.2) is 11.6 Å². The summed E-state index contributed by atoms with van der Waals surface area (Å²) >= 11 is 0. The highest BCUT2D eigenvalue weighted by atomic mass is 16.5. The first-order valence-electron chi connectivity index (χ1n) is 8.00. The Hall–Kier alpha value is -1.36. The van der Waals surface area contributed by atoms with Gasteiger partial charge in [-0.1, -0.05) is 11.6 Å². The fourth-order valence-electron chi connectivity index (χ4n) is 3.92. The molecule has 2 saturated heterocycles. The van der Waals surface area contributed by atoms with Crippen molar-refractivity contribution in [3.63, 3.8) is 0 Å². The summed E-state index contributed by atoms with van der Waals surface area (Å²) in [5.74, 6) is -2.23. The average molecular weight is 293 g/mol. The van der Waals surface area contributed by atoms with Gasteiger partial charge in [0, 0.05) is 6.54 Å². The van der Waals surface area contributed by atoms with Crippen LogP contribution in [-0.4, -0.2) is 35.7 Å². The molecule has 1 amide bonds. The van der Waals surface area contributed by atoms with Gasteiger partial charge in [-0.3, -0.25) is 9.59 Å². The standard InChI is InChI=1S/C16H23NO4/c18-15(17-9-8-10-4-2-1-3-5-10)13-11-6-7-12(21-11)14(13)16(19)20/h4,11-14H,1-3,5-9H2,(H,17,18)(H,19,20)/t11-,12-,13-,14-/m1/s1. The van der Waals surface area contributed by atoms with Gasteiger partial charge >= 0.3 is 5.97 Å². The van der Waals surface area contributed by atoms with Crippen molar-refractivity contribution in [2.45, 2.75) is 57.2 Å². The zero-order valence-corrected chi connectivity index (χ0v) is 12.2. The average Bonchev–Trinajstić information content (AvgIpc) is 3.08. The predicted octanol–water partition coefficient (Wildman–Crippen LogP) is 1.87. The summed E-state index contributed by atoms with van der Waals surface area (Å²) < 4.78 is 5.62. The van der Waals surface area contributed by atoms with E-state index in [0.29, 0.717) is 6.54 Å². The van der Waals surface area contributed by atoms with Crippen LogP contribution in [-0.2, 0) is 14.3 Å². The van der Waals surface area contributed by atoms with Gasteiger partial charge in [0.25, 0.3) is 0 Å². The Morgan fingerprint density at radius 2 is 2.00 bits per heavy atom. The number of ether oxygens (including phenoxy) is 1. The molecule has 2 fully saturated rings. The van der Waals surface area contributed by atoms with Crippen molar-refractivity contribution in [3.05, 3.63) is 11.6 Å². The van der Waals surface area contributed by atoms with E-state index in [9.17, 15) is 14.7 Å². The van der Waals surface area contributed by atoms with E-state index in [1.165, 1.54) is 18.4 Å². The molecule has 21 heavy (non-hydrogen) atoms. The molecule has 3 aliphatic rings. The highest BCUT2D eigenvalue weighted by Crippen LogP contribution is 2.43. The van der Waals surface area contributed by atoms with Crippen molar-refractivity contribution in [2.75, 3.05) is 6.54 Å². The van der Waals surface area contributed by atoms with Gasteiger partial charge in [0.2, 0.25) is 5.91 Å². The maximum Gasteiger partial charge on any atom is 0.310 e. The summed E-state index contributed by atoms with van der Waals surface area (Å²) in [5, 5.41) is 12.2. The van der Waals surface area contributed by atoms with Gasteiger partial charge in [-0.2, -0.15) is 0 Å². The molecular formula is C16H23NO4. The minimum Gasteiger partial charge on any atom is -0.481 e. The van der Waals surface area contributed by atoms with Gasteiger partial charge in [-0.05, 0) is 44.9 Å². The minimum atomic E-state index is -0.905. The number of rotatable bonds is 5. The molecule has 116 valence electrons. The van der Waals surface area contributed by atoms with Crippen LogP contribution in [0, 0.1) is 11.8 Å². The molecule has 2 bridgehead atoms. The second-order valence-electron chi connectivity index (χ2n) is 6.33. The van der Waals surface area contributed by atoms with Crippen LogP contribution in [0.1, 0.15) is 44.9 Å². The molecule has 2 N–H and O–H groups in total. The second kappa shape index (κ2) is 6.18. The van der Waals surface area contributed by atoms with Gasteiger partial charge in [0.1, 0.15) is 0 Å². The van der Waals surface area contributed by atoms with Crippen LogP contribution in [0.2, 0.25) is 0 Å². The molecule has 0 aromatic rings. The summed E-state index contributed by atoms with van der Waals surface area (Å²) in [7, 11) is 0. The molecule has 0 spiro atoms. The van der Waals surface area contributed by atoms with Crippen LogP contribution in [0.4, 0.5) is 0 Å². The highest BCUT2D eigenvalue weighted by Gasteiger charge is 2.55. The van der Waals surface area contributed by atoms with Crippen molar-refractivity contribution in [2.24, 2.45) is 11.8 Å². The number of allylic oxidation sites excluding steroid dienone is 1. The van der Waals surface area contributed by atoms with Crippen LogP contribution in [0.5, 0.6) is 0 Å². The summed E-state index contributed by atoms with van der Waals surface area (Å²) in [4.78, 5) is 23.7. The van der Waals surface area contributed by atoms with Crippen molar-refractivity contribution >= 4 is 11.9 Å². The van der Waals surface area contributed by atoms with Gasteiger partial charge in [-0.15, -0.1) is 0 Å². The number of carboxylic acid groups (broad SMARTS) is 1. The smallest absolute Gasteiger partial charge is 0.310 e. The number of hydrogen-bond donors (Lipinski definition) is 2. The lowest BCUT2D eigenvalue weighted by Crippen LogP contribution is -2.44. The molecule has 0 radical (unpaired) electrons. The third-order valence-corrected chi connectivity index (χ3v) is 4.99. The Balaban J connectivity index is 1.52. The summed E-state index contributed by atoms with van der Waals surface area (Å²) in [6, 6.07) is 0. The number of nitrogens with one attached hydrogen (secondary N) is 1. The lowest BCUT2D eigenvalue weighted by molar-refractivity contribution is -0.147. The molecule has 1 aliphatic carbocycles. The molecule has 4 atom stereocenters. The Morgan fingerprint density at radius 3 is 2.67 bits per heavy atom. The highest BCUT2D eigenvalue weighted by molar-refractivity contribution is 5.86. The van der Waals surface area contributed by atoms with Crippen molar-refractivity contribution in [3.8, 4) is 0 Å². The van der Waals surface area contributed by atoms with E-state index in [4.69, 9.17) is 4.74 Å². The van der Waals surface area contributed by atoms with Gasteiger partial charge in [-0.25, -0.2) is 0 Å². The zero-order valence-electron chi connectivity index (χ0n) is 12.2. The lowest BCUT2D eigenvalue weighted by Gasteiger charge is -2.24. The fourth-order valence-corrected chi connectivity index (χ4v) is 3.92. The van der Waals surface area contributed by atoms with E-state index in [2.05, 4.69) is 11.4 Å². The van der Waals surface area contributed by atoms with Crippen LogP contribution < -0.4 is 5.32 Å². The van der Waals surface area contributed by atoms with E-state index in [1.807, 2.05) is 0 Å². The van der Waals surface area contributed by atoms with E-state index in [1.54, 1.807) is 0 Å². The summed E-state index contributed by atoms with van der Waals surface area (Å²) in [6.45, 7) is 0.602. The zero-order chi connectivity index (χ0) is 14.8. The molecular weight excluding hydrogens is 270 g/mol. The Kier molecular flexibility index (Phi) is 4.29. The first-order chi connectivity index (χ1) is 10.2. The number of aliphatic carboxylic acids is 1. The van der Waals surface area contributed by atoms with E-state index in [-0.39, 0.29) is 18.1 Å². The molecule has 5 nitrogen and oxygen atoms in total. The second-order valence-corrected chi connectivity index (χ2v) is 6.33. The molecule has 2 aliphatic heterocycles.